The van der Waals surface area contributed by atoms with Crippen LogP contribution in [0.1, 0.15) is 26.1 Å². The second kappa shape index (κ2) is 9.49. The van der Waals surface area contributed by atoms with Crippen molar-refractivity contribution in [1.82, 2.24) is 19.4 Å². The molecule has 0 atom stereocenters. The first-order valence-corrected chi connectivity index (χ1v) is 10.8. The van der Waals surface area contributed by atoms with Crippen molar-refractivity contribution in [2.45, 2.75) is 33.4 Å². The second-order valence-electron chi connectivity index (χ2n) is 7.47. The fourth-order valence-electron chi connectivity index (χ4n) is 3.84. The summed E-state index contributed by atoms with van der Waals surface area (Å²) in [5, 5.41) is 0.893. The highest BCUT2D eigenvalue weighted by Crippen LogP contribution is 2.31. The summed E-state index contributed by atoms with van der Waals surface area (Å²) in [6, 6.07) is 5.59. The molecule has 0 bridgehead atoms. The Hall–Kier alpha value is -2.91. The largest absolute Gasteiger partial charge is 0.484 e. The summed E-state index contributed by atoms with van der Waals surface area (Å²) in [7, 11) is 0. The number of fused-ring (bicyclic) bond motifs is 3. The van der Waals surface area contributed by atoms with Gasteiger partial charge in [-0.05, 0) is 31.5 Å². The van der Waals surface area contributed by atoms with E-state index in [1.54, 1.807) is 4.90 Å². The SMILES string of the molecule is CCCn1c(COCC)nc2c(N)nc3ccc(OCC(=O)N4CCOCC4)cc3c21. The summed E-state index contributed by atoms with van der Waals surface area (Å²) >= 11 is 0. The number of nitrogens with zero attached hydrogens (tertiary/aromatic N) is 4. The number of amides is 1. The van der Waals surface area contributed by atoms with Gasteiger partial charge in [0.2, 0.25) is 0 Å². The molecular formula is C22H29N5O4. The van der Waals surface area contributed by atoms with E-state index in [1.807, 2.05) is 25.1 Å². The van der Waals surface area contributed by atoms with E-state index in [0.29, 0.717) is 56.6 Å². The van der Waals surface area contributed by atoms with Gasteiger partial charge in [-0.25, -0.2) is 9.97 Å². The standard InChI is InChI=1S/C22H29N5O4/c1-3-7-27-18(13-29-4-2)25-20-21(27)16-12-15(5-6-17(16)24-22(20)23)31-14-19(28)26-8-10-30-11-9-26/h5-6,12H,3-4,7-11,13-14H2,1-2H3,(H2,23,24). The molecule has 166 valence electrons. The quantitative estimate of drug-likeness (QED) is 0.588. The van der Waals surface area contributed by atoms with Crippen LogP contribution in [-0.4, -0.2) is 64.9 Å². The third-order valence-electron chi connectivity index (χ3n) is 5.36. The van der Waals surface area contributed by atoms with Gasteiger partial charge in [-0.3, -0.25) is 4.79 Å². The number of carbonyl (C=O) groups excluding carboxylic acids is 1. The summed E-state index contributed by atoms with van der Waals surface area (Å²) in [4.78, 5) is 23.4. The number of nitrogen functional groups attached to an aromatic ring is 1. The van der Waals surface area contributed by atoms with Crippen molar-refractivity contribution in [1.29, 1.82) is 0 Å². The van der Waals surface area contributed by atoms with Crippen LogP contribution in [0.5, 0.6) is 5.75 Å². The predicted octanol–water partition coefficient (Wildman–Crippen LogP) is 2.35. The molecule has 0 aliphatic carbocycles. The second-order valence-corrected chi connectivity index (χ2v) is 7.47. The Balaban J connectivity index is 1.68. The van der Waals surface area contributed by atoms with Crippen LogP contribution in [0.25, 0.3) is 21.9 Å². The van der Waals surface area contributed by atoms with Crippen LogP contribution in [0.4, 0.5) is 5.82 Å². The minimum absolute atomic E-state index is 0.0130. The zero-order valence-electron chi connectivity index (χ0n) is 18.1. The number of rotatable bonds is 8. The Morgan fingerprint density at radius 3 is 2.77 bits per heavy atom. The number of ether oxygens (including phenoxy) is 3. The number of pyridine rings is 1. The normalized spacial score (nSPS) is 14.5. The van der Waals surface area contributed by atoms with Crippen molar-refractivity contribution in [3.63, 3.8) is 0 Å². The minimum atomic E-state index is -0.0426. The molecule has 2 aromatic heterocycles. The molecule has 1 aliphatic heterocycles. The lowest BCUT2D eigenvalue weighted by Crippen LogP contribution is -2.42. The lowest BCUT2D eigenvalue weighted by atomic mass is 10.1. The highest BCUT2D eigenvalue weighted by atomic mass is 16.5. The molecule has 4 rings (SSSR count). The Labute approximate surface area is 181 Å². The number of benzene rings is 1. The summed E-state index contributed by atoms with van der Waals surface area (Å²) in [5.74, 6) is 1.79. The van der Waals surface area contributed by atoms with Crippen molar-refractivity contribution in [3.8, 4) is 5.75 Å². The minimum Gasteiger partial charge on any atom is -0.484 e. The van der Waals surface area contributed by atoms with Gasteiger partial charge in [0.1, 0.15) is 23.7 Å². The highest BCUT2D eigenvalue weighted by Gasteiger charge is 2.19. The number of imidazole rings is 1. The van der Waals surface area contributed by atoms with E-state index >= 15 is 0 Å². The molecule has 1 fully saturated rings. The lowest BCUT2D eigenvalue weighted by Gasteiger charge is -2.26. The Morgan fingerprint density at radius 1 is 1.23 bits per heavy atom. The first-order valence-electron chi connectivity index (χ1n) is 10.8. The number of hydrogen-bond acceptors (Lipinski definition) is 7. The third-order valence-corrected chi connectivity index (χ3v) is 5.36. The molecular weight excluding hydrogens is 398 g/mol. The van der Waals surface area contributed by atoms with Crippen LogP contribution in [-0.2, 0) is 27.4 Å². The van der Waals surface area contributed by atoms with Crippen LogP contribution in [0, 0.1) is 0 Å². The van der Waals surface area contributed by atoms with Gasteiger partial charge < -0.3 is 29.4 Å². The molecule has 3 heterocycles. The number of aryl methyl sites for hydroxylation is 1. The first-order chi connectivity index (χ1) is 15.1. The van der Waals surface area contributed by atoms with E-state index in [2.05, 4.69) is 16.5 Å². The maximum Gasteiger partial charge on any atom is 0.260 e. The Kier molecular flexibility index (Phi) is 6.53. The molecule has 3 aromatic rings. The van der Waals surface area contributed by atoms with Crippen LogP contribution in [0.15, 0.2) is 18.2 Å². The highest BCUT2D eigenvalue weighted by molar-refractivity contribution is 6.07. The van der Waals surface area contributed by atoms with Gasteiger partial charge in [0, 0.05) is 31.6 Å². The van der Waals surface area contributed by atoms with Gasteiger partial charge in [-0.15, -0.1) is 0 Å². The summed E-state index contributed by atoms with van der Waals surface area (Å²) < 4.78 is 18.9. The zero-order valence-corrected chi connectivity index (χ0v) is 18.1. The summed E-state index contributed by atoms with van der Waals surface area (Å²) in [6.07, 6.45) is 0.943. The van der Waals surface area contributed by atoms with Crippen LogP contribution < -0.4 is 10.5 Å². The number of carbonyl (C=O) groups is 1. The molecule has 1 saturated heterocycles. The van der Waals surface area contributed by atoms with E-state index in [-0.39, 0.29) is 12.5 Å². The van der Waals surface area contributed by atoms with E-state index in [4.69, 9.17) is 24.9 Å². The van der Waals surface area contributed by atoms with Gasteiger partial charge >= 0.3 is 0 Å². The monoisotopic (exact) mass is 427 g/mol. The van der Waals surface area contributed by atoms with Crippen molar-refractivity contribution in [2.75, 3.05) is 45.3 Å². The topological polar surface area (TPSA) is 105 Å². The van der Waals surface area contributed by atoms with Gasteiger partial charge in [-0.1, -0.05) is 6.92 Å². The fraction of sp³-hybridized carbons (Fsp3) is 0.500. The molecule has 1 aliphatic rings. The smallest absolute Gasteiger partial charge is 0.260 e. The van der Waals surface area contributed by atoms with Crippen LogP contribution in [0.3, 0.4) is 0 Å². The molecule has 9 nitrogen and oxygen atoms in total. The van der Waals surface area contributed by atoms with E-state index in [9.17, 15) is 4.79 Å². The fourth-order valence-corrected chi connectivity index (χ4v) is 3.84. The molecule has 9 heteroatoms. The molecule has 0 unspecified atom stereocenters. The Bertz CT molecular complexity index is 1070. The molecule has 1 amide bonds. The predicted molar refractivity (Wildman–Crippen MR) is 118 cm³/mol. The first kappa shape index (κ1) is 21.3. The molecule has 0 saturated carbocycles. The van der Waals surface area contributed by atoms with Crippen molar-refractivity contribution < 1.29 is 19.0 Å². The van der Waals surface area contributed by atoms with Gasteiger partial charge in [0.05, 0.1) is 24.2 Å². The molecule has 0 spiro atoms. The zero-order chi connectivity index (χ0) is 21.8. The van der Waals surface area contributed by atoms with E-state index in [1.165, 1.54) is 0 Å². The van der Waals surface area contributed by atoms with Crippen molar-refractivity contribution >= 4 is 33.7 Å². The van der Waals surface area contributed by atoms with Gasteiger partial charge in [0.15, 0.2) is 12.4 Å². The van der Waals surface area contributed by atoms with E-state index in [0.717, 1.165) is 35.2 Å². The number of nitrogens with two attached hydrogens (primary N) is 1. The third kappa shape index (κ3) is 4.42. The summed E-state index contributed by atoms with van der Waals surface area (Å²) in [6.45, 7) is 8.21. The molecule has 1 aromatic carbocycles. The maximum atomic E-state index is 12.4. The maximum absolute atomic E-state index is 12.4. The van der Waals surface area contributed by atoms with Crippen LogP contribution in [0.2, 0.25) is 0 Å². The number of anilines is 1. The van der Waals surface area contributed by atoms with Crippen molar-refractivity contribution in [3.05, 3.63) is 24.0 Å². The lowest BCUT2D eigenvalue weighted by molar-refractivity contribution is -0.137. The molecule has 31 heavy (non-hydrogen) atoms. The molecule has 2 N–H and O–H groups in total. The van der Waals surface area contributed by atoms with E-state index < -0.39 is 0 Å². The average Bonchev–Trinajstić information content (AvgIpc) is 3.16. The Morgan fingerprint density at radius 2 is 2.03 bits per heavy atom. The van der Waals surface area contributed by atoms with Gasteiger partial charge in [0.25, 0.3) is 5.91 Å². The van der Waals surface area contributed by atoms with Gasteiger partial charge in [-0.2, -0.15) is 0 Å². The van der Waals surface area contributed by atoms with Crippen LogP contribution >= 0.6 is 0 Å². The molecule has 0 radical (unpaired) electrons. The number of morpholine rings is 1. The van der Waals surface area contributed by atoms with Crippen molar-refractivity contribution in [2.24, 2.45) is 0 Å². The average molecular weight is 428 g/mol. The number of hydrogen-bond donors (Lipinski definition) is 1. The number of aromatic nitrogens is 3. The summed E-state index contributed by atoms with van der Waals surface area (Å²) in [5.41, 5.74) is 8.57.